The molecule has 0 unspecified atom stereocenters. The lowest BCUT2D eigenvalue weighted by Crippen LogP contribution is -2.09. The lowest BCUT2D eigenvalue weighted by Gasteiger charge is -2.26. The molecule has 1 heterocycles. The van der Waals surface area contributed by atoms with Gasteiger partial charge in [0.15, 0.2) is 0 Å². The van der Waals surface area contributed by atoms with Crippen LogP contribution in [0.3, 0.4) is 0 Å². The summed E-state index contributed by atoms with van der Waals surface area (Å²) in [6, 6.07) is 81.3. The number of furan rings is 1. The van der Waals surface area contributed by atoms with Crippen molar-refractivity contribution >= 4 is 82.1 Å². The first-order chi connectivity index (χ1) is 29.7. The highest BCUT2D eigenvalue weighted by Crippen LogP contribution is 2.41. The zero-order chi connectivity index (χ0) is 39.6. The number of fused-ring (bicyclic) bond motifs is 9. The SMILES string of the molecule is c1ccc(-c2cccc3c2oc2ccc(-c4ccc(N(c5ccc(-c6ccc7ccc8ccccc8c7c6)cc5)c5ccc6c(ccc7ccccc76)c5)cc4)cc23)cc1. The summed E-state index contributed by atoms with van der Waals surface area (Å²) in [6.45, 7) is 0. The third kappa shape index (κ3) is 5.73. The van der Waals surface area contributed by atoms with Gasteiger partial charge in [-0.3, -0.25) is 0 Å². The molecular formula is C58H37NO. The number of para-hydroxylation sites is 1. The molecule has 0 fully saturated rings. The quantitative estimate of drug-likeness (QED) is 0.157. The first-order valence-electron chi connectivity index (χ1n) is 20.6. The van der Waals surface area contributed by atoms with Crippen LogP contribution in [0.25, 0.3) is 98.4 Å². The van der Waals surface area contributed by atoms with E-state index in [1.54, 1.807) is 0 Å². The third-order valence-electron chi connectivity index (χ3n) is 12.2. The maximum Gasteiger partial charge on any atom is 0.143 e. The Labute approximate surface area is 347 Å². The van der Waals surface area contributed by atoms with E-state index in [2.05, 4.69) is 223 Å². The number of hydrogen-bond donors (Lipinski definition) is 0. The van der Waals surface area contributed by atoms with Crippen molar-refractivity contribution in [1.29, 1.82) is 0 Å². The molecule has 12 aromatic rings. The van der Waals surface area contributed by atoms with E-state index >= 15 is 0 Å². The van der Waals surface area contributed by atoms with Crippen molar-refractivity contribution in [2.45, 2.75) is 0 Å². The molecule has 0 saturated carbocycles. The molecular weight excluding hydrogens is 727 g/mol. The van der Waals surface area contributed by atoms with Crippen LogP contribution in [0.2, 0.25) is 0 Å². The van der Waals surface area contributed by atoms with Gasteiger partial charge in [-0.2, -0.15) is 0 Å². The zero-order valence-electron chi connectivity index (χ0n) is 32.7. The van der Waals surface area contributed by atoms with Crippen LogP contribution in [-0.2, 0) is 0 Å². The van der Waals surface area contributed by atoms with Gasteiger partial charge in [0, 0.05) is 33.4 Å². The molecule has 0 amide bonds. The Morgan fingerprint density at radius 3 is 1.47 bits per heavy atom. The smallest absolute Gasteiger partial charge is 0.143 e. The number of rotatable bonds is 6. The molecule has 0 aliphatic carbocycles. The van der Waals surface area contributed by atoms with Gasteiger partial charge in [0.2, 0.25) is 0 Å². The monoisotopic (exact) mass is 763 g/mol. The van der Waals surface area contributed by atoms with E-state index in [1.165, 1.54) is 54.2 Å². The number of benzene rings is 11. The highest BCUT2D eigenvalue weighted by molar-refractivity contribution is 6.12. The molecule has 0 aliphatic heterocycles. The van der Waals surface area contributed by atoms with Crippen molar-refractivity contribution in [2.24, 2.45) is 0 Å². The van der Waals surface area contributed by atoms with Crippen molar-refractivity contribution < 1.29 is 4.42 Å². The van der Waals surface area contributed by atoms with Crippen molar-refractivity contribution in [3.63, 3.8) is 0 Å². The van der Waals surface area contributed by atoms with Gasteiger partial charge in [-0.1, -0.05) is 170 Å². The van der Waals surface area contributed by atoms with Crippen LogP contribution in [0.15, 0.2) is 229 Å². The van der Waals surface area contributed by atoms with E-state index < -0.39 is 0 Å². The van der Waals surface area contributed by atoms with Crippen molar-refractivity contribution in [2.75, 3.05) is 4.90 Å². The van der Waals surface area contributed by atoms with E-state index in [-0.39, 0.29) is 0 Å². The van der Waals surface area contributed by atoms with Gasteiger partial charge in [-0.25, -0.2) is 0 Å². The zero-order valence-corrected chi connectivity index (χ0v) is 32.7. The van der Waals surface area contributed by atoms with Crippen LogP contribution in [0.5, 0.6) is 0 Å². The fourth-order valence-corrected chi connectivity index (χ4v) is 9.20. The molecule has 11 aromatic carbocycles. The minimum absolute atomic E-state index is 0.893. The Kier molecular flexibility index (Phi) is 7.89. The maximum atomic E-state index is 6.50. The summed E-state index contributed by atoms with van der Waals surface area (Å²) in [7, 11) is 0. The predicted octanol–water partition coefficient (Wildman–Crippen LogP) is 16.7. The second-order valence-corrected chi connectivity index (χ2v) is 15.7. The largest absolute Gasteiger partial charge is 0.455 e. The molecule has 0 N–H and O–H groups in total. The van der Waals surface area contributed by atoms with Gasteiger partial charge in [-0.15, -0.1) is 0 Å². The first kappa shape index (κ1) is 34.1. The molecule has 0 bridgehead atoms. The highest BCUT2D eigenvalue weighted by Gasteiger charge is 2.17. The summed E-state index contributed by atoms with van der Waals surface area (Å²) < 4.78 is 6.50. The molecule has 60 heavy (non-hydrogen) atoms. The molecule has 0 radical (unpaired) electrons. The van der Waals surface area contributed by atoms with Crippen LogP contribution in [0.1, 0.15) is 0 Å². The molecule has 280 valence electrons. The normalized spacial score (nSPS) is 11.7. The van der Waals surface area contributed by atoms with Crippen LogP contribution >= 0.6 is 0 Å². The van der Waals surface area contributed by atoms with Crippen molar-refractivity contribution in [3.05, 3.63) is 224 Å². The number of nitrogens with zero attached hydrogens (tertiary/aromatic N) is 1. The maximum absolute atomic E-state index is 6.50. The summed E-state index contributed by atoms with van der Waals surface area (Å²) in [6.07, 6.45) is 0. The topological polar surface area (TPSA) is 16.4 Å². The molecule has 1 aromatic heterocycles. The molecule has 2 nitrogen and oxygen atoms in total. The first-order valence-corrected chi connectivity index (χ1v) is 20.6. The van der Waals surface area contributed by atoms with Crippen LogP contribution < -0.4 is 4.90 Å². The molecule has 0 spiro atoms. The van der Waals surface area contributed by atoms with Crippen molar-refractivity contribution in [3.8, 4) is 33.4 Å². The lowest BCUT2D eigenvalue weighted by molar-refractivity contribution is 0.670. The summed E-state index contributed by atoms with van der Waals surface area (Å²) in [4.78, 5) is 2.37. The molecule has 0 aliphatic rings. The summed E-state index contributed by atoms with van der Waals surface area (Å²) >= 11 is 0. The van der Waals surface area contributed by atoms with Gasteiger partial charge >= 0.3 is 0 Å². The predicted molar refractivity (Wildman–Crippen MR) is 255 cm³/mol. The summed E-state index contributed by atoms with van der Waals surface area (Å²) in [5.41, 5.74) is 12.1. The molecule has 12 rings (SSSR count). The van der Waals surface area contributed by atoms with Gasteiger partial charge < -0.3 is 9.32 Å². The van der Waals surface area contributed by atoms with Crippen LogP contribution in [-0.4, -0.2) is 0 Å². The van der Waals surface area contributed by atoms with Gasteiger partial charge in [-0.05, 0) is 126 Å². The second kappa shape index (κ2) is 13.9. The Bertz CT molecular complexity index is 3580. The lowest BCUT2D eigenvalue weighted by atomic mass is 9.97. The minimum atomic E-state index is 0.893. The minimum Gasteiger partial charge on any atom is -0.455 e. The van der Waals surface area contributed by atoms with Crippen LogP contribution in [0, 0.1) is 0 Å². The van der Waals surface area contributed by atoms with E-state index in [4.69, 9.17) is 4.42 Å². The Balaban J connectivity index is 0.940. The number of anilines is 3. The molecule has 2 heteroatoms. The molecule has 0 atom stereocenters. The molecule has 0 saturated heterocycles. The average Bonchev–Trinajstić information content (AvgIpc) is 3.70. The Morgan fingerprint density at radius 1 is 0.267 bits per heavy atom. The van der Waals surface area contributed by atoms with Gasteiger partial charge in [0.25, 0.3) is 0 Å². The van der Waals surface area contributed by atoms with E-state index in [9.17, 15) is 0 Å². The van der Waals surface area contributed by atoms with E-state index in [0.29, 0.717) is 0 Å². The van der Waals surface area contributed by atoms with Gasteiger partial charge in [0.1, 0.15) is 11.2 Å². The number of hydrogen-bond acceptors (Lipinski definition) is 2. The van der Waals surface area contributed by atoms with E-state index in [1.807, 2.05) is 6.07 Å². The summed E-state index contributed by atoms with van der Waals surface area (Å²) in [5.74, 6) is 0. The average molecular weight is 764 g/mol. The summed E-state index contributed by atoms with van der Waals surface area (Å²) in [5, 5.41) is 12.3. The van der Waals surface area contributed by atoms with Crippen molar-refractivity contribution in [1.82, 2.24) is 0 Å². The fraction of sp³-hybridized carbons (Fsp3) is 0. The standard InChI is InChI=1S/C58H37NO/c1-2-9-40(10-3-1)53-15-8-16-54-56-37-45(27-34-57(56)60-58(53)54)39-25-30-48(31-26-39)59(49-32-33-52-46(35-49)22-20-41-11-4-6-13-50(41)52)47-28-23-38(24-29-47)44-21-19-43-18-17-42-12-5-7-14-51(42)55(43)36-44/h1-37H. The third-order valence-corrected chi connectivity index (χ3v) is 12.2. The van der Waals surface area contributed by atoms with Crippen LogP contribution in [0.4, 0.5) is 17.1 Å². The highest BCUT2D eigenvalue weighted by atomic mass is 16.3. The van der Waals surface area contributed by atoms with E-state index in [0.717, 1.165) is 61.3 Å². The fourth-order valence-electron chi connectivity index (χ4n) is 9.20. The Morgan fingerprint density at radius 2 is 0.767 bits per heavy atom. The second-order valence-electron chi connectivity index (χ2n) is 15.7. The van der Waals surface area contributed by atoms with Gasteiger partial charge in [0.05, 0.1) is 0 Å². The Hall–Kier alpha value is -7.94.